The van der Waals surface area contributed by atoms with Gasteiger partial charge in [-0.15, -0.1) is 0 Å². The van der Waals surface area contributed by atoms with E-state index in [-0.39, 0.29) is 12.0 Å². The number of carbonyl (C=O) groups is 1. The molecule has 0 amide bonds. The summed E-state index contributed by atoms with van der Waals surface area (Å²) in [5, 5.41) is 0. The van der Waals surface area contributed by atoms with E-state index in [0.717, 1.165) is 5.92 Å². The van der Waals surface area contributed by atoms with Gasteiger partial charge in [-0.3, -0.25) is 4.79 Å². The monoisotopic (exact) mass is 242 g/mol. The van der Waals surface area contributed by atoms with Crippen LogP contribution in [0, 0.1) is 5.92 Å². The molecule has 0 heterocycles. The molecule has 4 heteroatoms. The Morgan fingerprint density at radius 3 is 2.47 bits per heavy atom. The number of rotatable bonds is 6. The van der Waals surface area contributed by atoms with Crippen molar-refractivity contribution in [1.82, 2.24) is 4.90 Å². The molecule has 0 bridgehead atoms. The number of methoxy groups -OCH3 is 1. The first-order chi connectivity index (χ1) is 7.79. The maximum atomic E-state index is 11.5. The molecule has 1 fully saturated rings. The van der Waals surface area contributed by atoms with Gasteiger partial charge in [-0.05, 0) is 53.0 Å². The smallest absolute Gasteiger partial charge is 0.325 e. The molecule has 0 aliphatic heterocycles. The minimum atomic E-state index is -0.897. The average molecular weight is 242 g/mol. The van der Waals surface area contributed by atoms with Gasteiger partial charge < -0.3 is 15.4 Å². The number of esters is 1. The number of ether oxygens (including phenoxy) is 1. The first-order valence-electron chi connectivity index (χ1n) is 6.39. The lowest BCUT2D eigenvalue weighted by atomic mass is 9.93. The third-order valence-electron chi connectivity index (χ3n) is 4.01. The van der Waals surface area contributed by atoms with E-state index in [1.54, 1.807) is 6.92 Å². The highest BCUT2D eigenvalue weighted by Crippen LogP contribution is 2.35. The predicted molar refractivity (Wildman–Crippen MR) is 68.6 cm³/mol. The summed E-state index contributed by atoms with van der Waals surface area (Å²) in [4.78, 5) is 13.9. The Balaban J connectivity index is 2.52. The van der Waals surface area contributed by atoms with Crippen molar-refractivity contribution in [2.24, 2.45) is 11.7 Å². The fourth-order valence-electron chi connectivity index (χ4n) is 2.39. The molecule has 1 aliphatic rings. The van der Waals surface area contributed by atoms with Crippen LogP contribution in [0.15, 0.2) is 0 Å². The molecule has 0 radical (unpaired) electrons. The standard InChI is InChI=1S/C13H26N2O2/c1-9(8-13(3,14)12(16)17-5)15(4)10(2)11-6-7-11/h9-11H,6-8,14H2,1-5H3. The summed E-state index contributed by atoms with van der Waals surface area (Å²) in [5.74, 6) is 0.487. The molecule has 0 aromatic rings. The average Bonchev–Trinajstić information content (AvgIpc) is 3.08. The summed E-state index contributed by atoms with van der Waals surface area (Å²) in [5.41, 5.74) is 5.10. The molecule has 0 aromatic carbocycles. The summed E-state index contributed by atoms with van der Waals surface area (Å²) in [6.45, 7) is 6.11. The van der Waals surface area contributed by atoms with E-state index in [1.807, 2.05) is 0 Å². The topological polar surface area (TPSA) is 55.6 Å². The molecule has 2 N–H and O–H groups in total. The highest BCUT2D eigenvalue weighted by atomic mass is 16.5. The van der Waals surface area contributed by atoms with Gasteiger partial charge in [-0.1, -0.05) is 0 Å². The predicted octanol–water partition coefficient (Wildman–Crippen LogP) is 1.39. The Bertz CT molecular complexity index is 275. The lowest BCUT2D eigenvalue weighted by Gasteiger charge is -2.35. The van der Waals surface area contributed by atoms with Gasteiger partial charge in [0, 0.05) is 12.1 Å². The minimum absolute atomic E-state index is 0.277. The largest absolute Gasteiger partial charge is 0.468 e. The number of nitrogens with two attached hydrogens (primary N) is 1. The van der Waals surface area contributed by atoms with Crippen molar-refractivity contribution in [3.63, 3.8) is 0 Å². The fourth-order valence-corrected chi connectivity index (χ4v) is 2.39. The van der Waals surface area contributed by atoms with Crippen LogP contribution < -0.4 is 5.73 Å². The Morgan fingerprint density at radius 2 is 2.06 bits per heavy atom. The van der Waals surface area contributed by atoms with Crippen LogP contribution in [-0.4, -0.2) is 42.6 Å². The van der Waals surface area contributed by atoms with Crippen molar-refractivity contribution in [2.75, 3.05) is 14.2 Å². The molecule has 0 spiro atoms. The Kier molecular flexibility index (Phi) is 4.55. The van der Waals surface area contributed by atoms with Crippen molar-refractivity contribution in [2.45, 2.75) is 57.7 Å². The molecule has 1 rings (SSSR count). The van der Waals surface area contributed by atoms with E-state index < -0.39 is 5.54 Å². The van der Waals surface area contributed by atoms with Crippen molar-refractivity contribution in [3.8, 4) is 0 Å². The maximum absolute atomic E-state index is 11.5. The van der Waals surface area contributed by atoms with Gasteiger partial charge in [-0.2, -0.15) is 0 Å². The molecule has 1 saturated carbocycles. The molecule has 1 aliphatic carbocycles. The van der Waals surface area contributed by atoms with E-state index in [4.69, 9.17) is 10.5 Å². The third-order valence-corrected chi connectivity index (χ3v) is 4.01. The molecule has 4 nitrogen and oxygen atoms in total. The third kappa shape index (κ3) is 3.68. The number of hydrogen-bond acceptors (Lipinski definition) is 4. The van der Waals surface area contributed by atoms with E-state index in [2.05, 4.69) is 25.8 Å². The summed E-state index contributed by atoms with van der Waals surface area (Å²) in [6.07, 6.45) is 3.28. The zero-order valence-corrected chi connectivity index (χ0v) is 11.7. The SMILES string of the molecule is COC(=O)C(C)(N)CC(C)N(C)C(C)C1CC1. The molecule has 3 unspecified atom stereocenters. The lowest BCUT2D eigenvalue weighted by molar-refractivity contribution is -0.147. The highest BCUT2D eigenvalue weighted by Gasteiger charge is 2.36. The molecule has 100 valence electrons. The van der Waals surface area contributed by atoms with Crippen molar-refractivity contribution in [3.05, 3.63) is 0 Å². The van der Waals surface area contributed by atoms with Gasteiger partial charge >= 0.3 is 5.97 Å². The molecule has 17 heavy (non-hydrogen) atoms. The van der Waals surface area contributed by atoms with E-state index in [1.165, 1.54) is 20.0 Å². The van der Waals surface area contributed by atoms with Gasteiger partial charge in [0.25, 0.3) is 0 Å². The van der Waals surface area contributed by atoms with Crippen LogP contribution in [0.25, 0.3) is 0 Å². The van der Waals surface area contributed by atoms with Crippen LogP contribution in [0.5, 0.6) is 0 Å². The quantitative estimate of drug-likeness (QED) is 0.715. The lowest BCUT2D eigenvalue weighted by Crippen LogP contribution is -2.51. The van der Waals surface area contributed by atoms with E-state index in [9.17, 15) is 4.79 Å². The zero-order chi connectivity index (χ0) is 13.2. The van der Waals surface area contributed by atoms with Crippen molar-refractivity contribution < 1.29 is 9.53 Å². The Hall–Kier alpha value is -0.610. The molecule has 0 saturated heterocycles. The summed E-state index contributed by atoms with van der Waals surface area (Å²) < 4.78 is 4.73. The second-order valence-corrected chi connectivity index (χ2v) is 5.71. The summed E-state index contributed by atoms with van der Waals surface area (Å²) >= 11 is 0. The zero-order valence-electron chi connectivity index (χ0n) is 11.7. The molecular formula is C13H26N2O2. The van der Waals surface area contributed by atoms with Crippen LogP contribution in [0.2, 0.25) is 0 Å². The number of carbonyl (C=O) groups excluding carboxylic acids is 1. The first-order valence-corrected chi connectivity index (χ1v) is 6.39. The normalized spacial score (nSPS) is 23.0. The fraction of sp³-hybridized carbons (Fsp3) is 0.923. The van der Waals surface area contributed by atoms with Crippen LogP contribution >= 0.6 is 0 Å². The van der Waals surface area contributed by atoms with Gasteiger partial charge in [0.15, 0.2) is 0 Å². The van der Waals surface area contributed by atoms with Gasteiger partial charge in [0.1, 0.15) is 5.54 Å². The van der Waals surface area contributed by atoms with Crippen LogP contribution in [0.3, 0.4) is 0 Å². The van der Waals surface area contributed by atoms with Crippen molar-refractivity contribution >= 4 is 5.97 Å². The number of hydrogen-bond donors (Lipinski definition) is 1. The van der Waals surface area contributed by atoms with Gasteiger partial charge in [-0.25, -0.2) is 0 Å². The molecular weight excluding hydrogens is 216 g/mol. The van der Waals surface area contributed by atoms with Gasteiger partial charge in [0.2, 0.25) is 0 Å². The second-order valence-electron chi connectivity index (χ2n) is 5.71. The second kappa shape index (κ2) is 5.36. The van der Waals surface area contributed by atoms with Crippen LogP contribution in [-0.2, 0) is 9.53 Å². The first kappa shape index (κ1) is 14.5. The molecule has 3 atom stereocenters. The summed E-state index contributed by atoms with van der Waals surface area (Å²) in [7, 11) is 3.50. The molecule has 0 aromatic heterocycles. The van der Waals surface area contributed by atoms with E-state index in [0.29, 0.717) is 12.5 Å². The number of nitrogens with zero attached hydrogens (tertiary/aromatic N) is 1. The minimum Gasteiger partial charge on any atom is -0.468 e. The van der Waals surface area contributed by atoms with Crippen molar-refractivity contribution in [1.29, 1.82) is 0 Å². The van der Waals surface area contributed by atoms with Gasteiger partial charge in [0.05, 0.1) is 7.11 Å². The van der Waals surface area contributed by atoms with Crippen LogP contribution in [0.1, 0.15) is 40.0 Å². The summed E-state index contributed by atoms with van der Waals surface area (Å²) in [6, 6.07) is 0.846. The van der Waals surface area contributed by atoms with Crippen LogP contribution in [0.4, 0.5) is 0 Å². The maximum Gasteiger partial charge on any atom is 0.325 e. The van der Waals surface area contributed by atoms with E-state index >= 15 is 0 Å². The highest BCUT2D eigenvalue weighted by molar-refractivity contribution is 5.79. The Labute approximate surface area is 104 Å². The Morgan fingerprint density at radius 1 is 1.53 bits per heavy atom.